The van der Waals surface area contributed by atoms with Crippen LogP contribution in [0.5, 0.6) is 0 Å². The van der Waals surface area contributed by atoms with Gasteiger partial charge in [0.1, 0.15) is 0 Å². The molecule has 0 aromatic heterocycles. The van der Waals surface area contributed by atoms with Gasteiger partial charge in [-0.3, -0.25) is 4.79 Å². The Bertz CT molecular complexity index is 21.5. The summed E-state index contributed by atoms with van der Waals surface area (Å²) < 4.78 is 0. The van der Waals surface area contributed by atoms with E-state index in [1.807, 2.05) is 0 Å². The zero-order chi connectivity index (χ0) is 2.71. The van der Waals surface area contributed by atoms with Gasteiger partial charge in [0, 0.05) is 0 Å². The second-order valence-electron chi connectivity index (χ2n) is 0.105. The summed E-state index contributed by atoms with van der Waals surface area (Å²) in [5.74, 6) is 0. The van der Waals surface area contributed by atoms with Gasteiger partial charge < -0.3 is 18.9 Å². The van der Waals surface area contributed by atoms with Crippen LogP contribution < -0.4 is 0 Å². The van der Waals surface area contributed by atoms with Crippen molar-refractivity contribution in [2.75, 3.05) is 0 Å². The van der Waals surface area contributed by atoms with Crippen molar-refractivity contribution in [1.29, 1.82) is 0 Å². The molecule has 0 aromatic carbocycles. The molecule has 5 N–H and O–H groups in total. The molecule has 0 atom stereocenters. The normalized spacial score (nSPS) is 2.00. The Kier molecular flexibility index (Phi) is 226. The molecule has 0 bridgehead atoms. The number of hydrogen-bond donors (Lipinski definition) is 1. The maximum absolute atomic E-state index is 8.36. The van der Waals surface area contributed by atoms with Crippen molar-refractivity contribution >= 4 is 44.2 Å². The van der Waals surface area contributed by atoms with Crippen LogP contribution in [0.2, 0.25) is 0 Å². The van der Waals surface area contributed by atoms with Crippen molar-refractivity contribution in [1.82, 2.24) is 0 Å². The van der Waals surface area contributed by atoms with Crippen molar-refractivity contribution in [3.8, 4) is 0 Å². The van der Waals surface area contributed by atoms with Crippen molar-refractivity contribution in [2.24, 2.45) is 0 Å². The fourth-order valence-electron chi connectivity index (χ4n) is 0. The minimum atomic E-state index is -0.250. The maximum Gasteiger partial charge on any atom is 2.00 e. The average molecular weight is 124 g/mol. The molecular weight excluding hydrogens is 116 g/mol. The Balaban J connectivity index is -0.00000000200. The predicted molar refractivity (Wildman–Crippen MR) is 23.9 cm³/mol. The Morgan fingerprint density at radius 1 is 1.50 bits per heavy atom. The van der Waals surface area contributed by atoms with Gasteiger partial charge in [-0.25, -0.2) is 0 Å². The Hall–Kier alpha value is 0.650. The van der Waals surface area contributed by atoms with Crippen molar-refractivity contribution in [2.45, 2.75) is 0 Å². The fraction of sp³-hybridized carbons (Fsp3) is 0. The van der Waals surface area contributed by atoms with Crippen LogP contribution in [0.15, 0.2) is 0 Å². The third-order valence-electron chi connectivity index (χ3n) is 0. The van der Waals surface area contributed by atoms with Crippen LogP contribution in [0.3, 0.4) is 0 Å². The van der Waals surface area contributed by atoms with Crippen molar-refractivity contribution < 1.29 is 23.7 Å². The van der Waals surface area contributed by atoms with E-state index in [4.69, 9.17) is 9.90 Å². The van der Waals surface area contributed by atoms with Gasteiger partial charge in [0.05, 0.1) is 0 Å². The molecule has 0 saturated carbocycles. The zero-order valence-electron chi connectivity index (χ0n) is 5.14. The minimum Gasteiger partial charge on any atom is -1.00 e. The molecule has 0 aromatic rings. The molecule has 0 aliphatic rings. The van der Waals surface area contributed by atoms with Gasteiger partial charge in [-0.15, -0.1) is 0 Å². The van der Waals surface area contributed by atoms with Gasteiger partial charge >= 0.3 is 37.7 Å². The van der Waals surface area contributed by atoms with E-state index >= 15 is 0 Å². The molecule has 0 heterocycles. The number of hydrogen-bond acceptors (Lipinski definition) is 1. The van der Waals surface area contributed by atoms with Gasteiger partial charge in [0.15, 0.2) is 0 Å². The number of rotatable bonds is 0. The number of carbonyl (C=O) groups is 1. The van der Waals surface area contributed by atoms with Gasteiger partial charge in [-0.2, -0.15) is 0 Å². The minimum absolute atomic E-state index is 0. The maximum atomic E-state index is 8.36. The Morgan fingerprint density at radius 2 is 1.50 bits per heavy atom. The fourth-order valence-corrected chi connectivity index (χ4v) is 0. The van der Waals surface area contributed by atoms with Gasteiger partial charge in [0.2, 0.25) is 0 Å². The molecule has 6 heavy (non-hydrogen) atoms. The van der Waals surface area contributed by atoms with Crippen molar-refractivity contribution in [3.63, 3.8) is 0 Å². The summed E-state index contributed by atoms with van der Waals surface area (Å²) >= 11 is 0. The molecule has 0 aliphatic heterocycles. The summed E-state index contributed by atoms with van der Waals surface area (Å²) in [6, 6.07) is 0. The van der Waals surface area contributed by atoms with E-state index in [1.54, 1.807) is 0 Å². The predicted octanol–water partition coefficient (Wildman–Crippen LogP) is -2.10. The molecule has 0 unspecified atom stereocenters. The second-order valence-corrected chi connectivity index (χ2v) is 0.105. The molecule has 5 heteroatoms. The van der Waals surface area contributed by atoms with Crippen molar-refractivity contribution in [3.05, 3.63) is 0 Å². The molecular formula is CH8CaO4. The summed E-state index contributed by atoms with van der Waals surface area (Å²) in [7, 11) is 0. The monoisotopic (exact) mass is 124 g/mol. The zero-order valence-corrected chi connectivity index (χ0v) is 5.35. The molecule has 0 rings (SSSR count). The molecule has 0 fully saturated rings. The van der Waals surface area contributed by atoms with E-state index in [9.17, 15) is 0 Å². The van der Waals surface area contributed by atoms with E-state index in [2.05, 4.69) is 0 Å². The van der Waals surface area contributed by atoms with Crippen LogP contribution in [0, 0.1) is 0 Å². The molecule has 0 aliphatic carbocycles. The summed E-state index contributed by atoms with van der Waals surface area (Å²) in [6.45, 7) is -0.250. The Labute approximate surface area is 67.7 Å². The molecule has 0 amide bonds. The quantitative estimate of drug-likeness (QED) is 0.295. The van der Waals surface area contributed by atoms with Crippen LogP contribution in [-0.4, -0.2) is 60.3 Å². The summed E-state index contributed by atoms with van der Waals surface area (Å²) in [6.07, 6.45) is 0. The first-order valence-corrected chi connectivity index (χ1v) is 0.494. The van der Waals surface area contributed by atoms with E-state index in [-0.39, 0.29) is 58.0 Å². The van der Waals surface area contributed by atoms with Gasteiger partial charge in [-0.05, 0) is 0 Å². The smallest absolute Gasteiger partial charge is 1.00 e. The van der Waals surface area contributed by atoms with Crippen LogP contribution in [-0.2, 0) is 4.79 Å². The first kappa shape index (κ1) is 30.2. The van der Waals surface area contributed by atoms with Crippen LogP contribution in [0.4, 0.5) is 0 Å². The molecule has 0 saturated heterocycles. The van der Waals surface area contributed by atoms with Gasteiger partial charge in [-0.1, -0.05) is 0 Å². The van der Waals surface area contributed by atoms with Gasteiger partial charge in [0.25, 0.3) is 6.47 Å². The summed E-state index contributed by atoms with van der Waals surface area (Å²) in [5, 5.41) is 6.89. The largest absolute Gasteiger partial charge is 2.00 e. The van der Waals surface area contributed by atoms with E-state index < -0.39 is 0 Å². The van der Waals surface area contributed by atoms with E-state index in [0.29, 0.717) is 0 Å². The SMILES string of the molecule is O.O.O=CO.[Ca+2].[H-].[H-]. The number of carboxylic acid groups (broad SMARTS) is 1. The van der Waals surface area contributed by atoms with Crippen LogP contribution in [0.1, 0.15) is 2.85 Å². The molecule has 38 valence electrons. The average Bonchev–Trinajstić information content (AvgIpc) is 0.918. The van der Waals surface area contributed by atoms with Crippen LogP contribution in [0.25, 0.3) is 0 Å². The van der Waals surface area contributed by atoms with E-state index in [0.717, 1.165) is 0 Å². The third-order valence-corrected chi connectivity index (χ3v) is 0. The third kappa shape index (κ3) is 147. The standard InChI is InChI=1S/CH2O2.Ca.2H2O.2H/c2-1-3;;;;;/h1H,(H,2,3);;2*1H2;;/q;+2;;;2*-1. The first-order chi connectivity index (χ1) is 1.41. The van der Waals surface area contributed by atoms with Crippen LogP contribution >= 0.6 is 0 Å². The molecule has 4 nitrogen and oxygen atoms in total. The molecule has 0 radical (unpaired) electrons. The summed E-state index contributed by atoms with van der Waals surface area (Å²) in [4.78, 5) is 8.36. The second kappa shape index (κ2) is 44.9. The first-order valence-electron chi connectivity index (χ1n) is 0.494. The Morgan fingerprint density at radius 3 is 1.50 bits per heavy atom. The van der Waals surface area contributed by atoms with E-state index in [1.165, 1.54) is 0 Å². The topological polar surface area (TPSA) is 100 Å². The summed E-state index contributed by atoms with van der Waals surface area (Å²) in [5.41, 5.74) is 0. The molecule has 0 spiro atoms.